The molecule has 2 aliphatic heterocycles. The Kier molecular flexibility index (Phi) is 3.53. The third kappa shape index (κ3) is 2.45. The number of likely N-dealkylation sites (tertiary alicyclic amines) is 1. The number of urea groups is 1. The van der Waals surface area contributed by atoms with Crippen LogP contribution in [0.3, 0.4) is 0 Å². The molecule has 0 aliphatic carbocycles. The van der Waals surface area contributed by atoms with Gasteiger partial charge in [-0.15, -0.1) is 0 Å². The first-order chi connectivity index (χ1) is 9.65. The van der Waals surface area contributed by atoms with Crippen molar-refractivity contribution in [3.05, 3.63) is 34.9 Å². The fourth-order valence-corrected chi connectivity index (χ4v) is 3.09. The summed E-state index contributed by atoms with van der Waals surface area (Å²) in [5.41, 5.74) is 1.06. The summed E-state index contributed by atoms with van der Waals surface area (Å²) >= 11 is 6.03. The molecule has 0 aromatic heterocycles. The minimum atomic E-state index is -0.456. The van der Waals surface area contributed by atoms with E-state index in [2.05, 4.69) is 10.6 Å². The van der Waals surface area contributed by atoms with Gasteiger partial charge in [0.05, 0.1) is 6.04 Å². The molecule has 0 saturated carbocycles. The van der Waals surface area contributed by atoms with Crippen molar-refractivity contribution in [2.75, 3.05) is 13.1 Å². The van der Waals surface area contributed by atoms with Gasteiger partial charge >= 0.3 is 6.03 Å². The molecule has 2 N–H and O–H groups in total. The Labute approximate surface area is 122 Å². The number of nitrogens with zero attached hydrogens (tertiary/aromatic N) is 1. The van der Waals surface area contributed by atoms with Crippen molar-refractivity contribution in [2.45, 2.75) is 24.9 Å². The number of rotatable bonds is 2. The van der Waals surface area contributed by atoms with Gasteiger partial charge in [0.15, 0.2) is 0 Å². The van der Waals surface area contributed by atoms with Gasteiger partial charge in [-0.2, -0.15) is 0 Å². The third-order valence-corrected chi connectivity index (χ3v) is 4.07. The lowest BCUT2D eigenvalue weighted by atomic mass is 10.0. The van der Waals surface area contributed by atoms with E-state index in [0.717, 1.165) is 24.9 Å². The molecule has 0 radical (unpaired) electrons. The van der Waals surface area contributed by atoms with Crippen LogP contribution in [0.5, 0.6) is 0 Å². The molecule has 0 spiro atoms. The maximum absolute atomic E-state index is 12.5. The average molecular weight is 294 g/mol. The summed E-state index contributed by atoms with van der Waals surface area (Å²) in [4.78, 5) is 25.5. The van der Waals surface area contributed by atoms with Gasteiger partial charge in [-0.3, -0.25) is 4.79 Å². The second-order valence-corrected chi connectivity index (χ2v) is 5.59. The monoisotopic (exact) mass is 293 g/mol. The number of amides is 3. The van der Waals surface area contributed by atoms with Crippen LogP contribution in [0.1, 0.15) is 24.4 Å². The van der Waals surface area contributed by atoms with Crippen LogP contribution in [-0.4, -0.2) is 36.0 Å². The lowest BCUT2D eigenvalue weighted by Crippen LogP contribution is -2.45. The topological polar surface area (TPSA) is 61.4 Å². The van der Waals surface area contributed by atoms with Crippen molar-refractivity contribution in [3.8, 4) is 0 Å². The molecular weight excluding hydrogens is 278 g/mol. The van der Waals surface area contributed by atoms with Crippen molar-refractivity contribution in [1.82, 2.24) is 15.5 Å². The zero-order chi connectivity index (χ0) is 14.1. The maximum atomic E-state index is 12.5. The molecule has 2 heterocycles. The molecule has 20 heavy (non-hydrogen) atoms. The Bertz CT molecular complexity index is 549. The predicted molar refractivity (Wildman–Crippen MR) is 75.5 cm³/mol. The van der Waals surface area contributed by atoms with Gasteiger partial charge in [0, 0.05) is 18.1 Å². The number of halogens is 1. The smallest absolute Gasteiger partial charge is 0.315 e. The predicted octanol–water partition coefficient (Wildman–Crippen LogP) is 1.68. The van der Waals surface area contributed by atoms with E-state index in [1.807, 2.05) is 29.2 Å². The van der Waals surface area contributed by atoms with E-state index < -0.39 is 6.04 Å². The molecule has 2 aliphatic rings. The van der Waals surface area contributed by atoms with E-state index in [0.29, 0.717) is 11.6 Å². The number of hydrogen-bond donors (Lipinski definition) is 2. The van der Waals surface area contributed by atoms with Gasteiger partial charge < -0.3 is 15.5 Å². The van der Waals surface area contributed by atoms with Crippen LogP contribution in [-0.2, 0) is 4.79 Å². The summed E-state index contributed by atoms with van der Waals surface area (Å²) in [6.07, 6.45) is 1.90. The van der Waals surface area contributed by atoms with Crippen molar-refractivity contribution >= 4 is 23.5 Å². The molecule has 2 unspecified atom stereocenters. The van der Waals surface area contributed by atoms with Crippen LogP contribution in [0, 0.1) is 0 Å². The van der Waals surface area contributed by atoms with E-state index in [-0.39, 0.29) is 18.0 Å². The standard InChI is InChI=1S/C14H16ClN3O2/c15-10-4-1-3-9(7-10)12-5-2-6-18(12)13(19)11-8-16-14(20)17-11/h1,3-4,7,11-12H,2,5-6,8H2,(H2,16,17,20). The molecule has 3 amide bonds. The lowest BCUT2D eigenvalue weighted by molar-refractivity contribution is -0.133. The third-order valence-electron chi connectivity index (χ3n) is 3.84. The second-order valence-electron chi connectivity index (χ2n) is 5.15. The minimum Gasteiger partial charge on any atom is -0.336 e. The Morgan fingerprint density at radius 3 is 2.95 bits per heavy atom. The zero-order valence-corrected chi connectivity index (χ0v) is 11.7. The number of benzene rings is 1. The quantitative estimate of drug-likeness (QED) is 0.871. The molecule has 0 bridgehead atoms. The van der Waals surface area contributed by atoms with Gasteiger partial charge in [0.1, 0.15) is 6.04 Å². The van der Waals surface area contributed by atoms with E-state index in [9.17, 15) is 9.59 Å². The molecule has 2 atom stereocenters. The van der Waals surface area contributed by atoms with Crippen LogP contribution in [0.15, 0.2) is 24.3 Å². The number of carbonyl (C=O) groups excluding carboxylic acids is 2. The van der Waals surface area contributed by atoms with E-state index in [4.69, 9.17) is 11.6 Å². The minimum absolute atomic E-state index is 0.0224. The van der Waals surface area contributed by atoms with Crippen molar-refractivity contribution in [1.29, 1.82) is 0 Å². The molecule has 2 saturated heterocycles. The van der Waals surface area contributed by atoms with E-state index in [1.54, 1.807) is 0 Å². The van der Waals surface area contributed by atoms with Gasteiger partial charge in [-0.25, -0.2) is 4.79 Å². The van der Waals surface area contributed by atoms with Crippen LogP contribution < -0.4 is 10.6 Å². The molecule has 2 fully saturated rings. The first-order valence-corrected chi connectivity index (χ1v) is 7.13. The summed E-state index contributed by atoms with van der Waals surface area (Å²) < 4.78 is 0. The Hall–Kier alpha value is -1.75. The van der Waals surface area contributed by atoms with Gasteiger partial charge in [-0.1, -0.05) is 23.7 Å². The molecule has 106 valence electrons. The van der Waals surface area contributed by atoms with Crippen molar-refractivity contribution < 1.29 is 9.59 Å². The van der Waals surface area contributed by atoms with Crippen LogP contribution >= 0.6 is 11.6 Å². The van der Waals surface area contributed by atoms with Crippen LogP contribution in [0.2, 0.25) is 5.02 Å². The van der Waals surface area contributed by atoms with Crippen LogP contribution in [0.4, 0.5) is 4.79 Å². The molecular formula is C14H16ClN3O2. The maximum Gasteiger partial charge on any atom is 0.315 e. The van der Waals surface area contributed by atoms with E-state index in [1.165, 1.54) is 0 Å². The highest BCUT2D eigenvalue weighted by atomic mass is 35.5. The molecule has 1 aromatic rings. The molecule has 1 aromatic carbocycles. The first-order valence-electron chi connectivity index (χ1n) is 6.75. The fraction of sp³-hybridized carbons (Fsp3) is 0.429. The lowest BCUT2D eigenvalue weighted by Gasteiger charge is -2.27. The summed E-state index contributed by atoms with van der Waals surface area (Å²) in [7, 11) is 0. The zero-order valence-electron chi connectivity index (χ0n) is 10.9. The summed E-state index contributed by atoms with van der Waals surface area (Å²) in [5, 5.41) is 5.94. The second kappa shape index (κ2) is 5.32. The summed E-state index contributed by atoms with van der Waals surface area (Å²) in [6.45, 7) is 1.08. The highest BCUT2D eigenvalue weighted by Crippen LogP contribution is 2.33. The van der Waals surface area contributed by atoms with Gasteiger partial charge in [0.2, 0.25) is 5.91 Å². The van der Waals surface area contributed by atoms with Crippen LogP contribution in [0.25, 0.3) is 0 Å². The highest BCUT2D eigenvalue weighted by Gasteiger charge is 2.36. The average Bonchev–Trinajstić information content (AvgIpc) is 3.06. The Balaban J connectivity index is 1.78. The first kappa shape index (κ1) is 13.2. The highest BCUT2D eigenvalue weighted by molar-refractivity contribution is 6.30. The largest absolute Gasteiger partial charge is 0.336 e. The number of hydrogen-bond acceptors (Lipinski definition) is 2. The molecule has 3 rings (SSSR count). The van der Waals surface area contributed by atoms with E-state index >= 15 is 0 Å². The number of nitrogens with one attached hydrogen (secondary N) is 2. The molecule has 6 heteroatoms. The summed E-state index contributed by atoms with van der Waals surface area (Å²) in [6, 6.07) is 6.95. The van der Waals surface area contributed by atoms with Crippen molar-refractivity contribution in [2.24, 2.45) is 0 Å². The Morgan fingerprint density at radius 2 is 2.25 bits per heavy atom. The van der Waals surface area contributed by atoms with Gasteiger partial charge in [-0.05, 0) is 30.5 Å². The normalized spacial score (nSPS) is 25.4. The SMILES string of the molecule is O=C1NCC(C(=O)N2CCCC2c2cccc(Cl)c2)N1. The summed E-state index contributed by atoms with van der Waals surface area (Å²) in [5.74, 6) is -0.0224. The van der Waals surface area contributed by atoms with Crippen molar-refractivity contribution in [3.63, 3.8) is 0 Å². The van der Waals surface area contributed by atoms with Gasteiger partial charge in [0.25, 0.3) is 0 Å². The Morgan fingerprint density at radius 1 is 1.40 bits per heavy atom. The fourth-order valence-electron chi connectivity index (χ4n) is 2.90. The molecule has 5 nitrogen and oxygen atoms in total. The number of carbonyl (C=O) groups is 2.